The number of nitrogens with zero attached hydrogens (tertiary/aromatic N) is 4. The molecule has 0 aliphatic carbocycles. The van der Waals surface area contributed by atoms with Gasteiger partial charge < -0.3 is 5.11 Å². The van der Waals surface area contributed by atoms with Crippen molar-refractivity contribution in [1.82, 2.24) is 9.97 Å². The molecular formula is C22H18Cl2N4O2. The average Bonchev–Trinajstić information content (AvgIpc) is 3.25. The number of carbonyl (C=O) groups is 1. The van der Waals surface area contributed by atoms with E-state index in [1.54, 1.807) is 29.3 Å². The summed E-state index contributed by atoms with van der Waals surface area (Å²) in [7, 11) is 0. The van der Waals surface area contributed by atoms with Crippen LogP contribution in [0.5, 0.6) is 5.75 Å². The number of ketones is 1. The minimum Gasteiger partial charge on any atom is -0.505 e. The number of hydrogen-bond donors (Lipinski definition) is 1. The molecule has 1 N–H and O–H groups in total. The van der Waals surface area contributed by atoms with Gasteiger partial charge in [-0.2, -0.15) is 5.10 Å². The number of aromatic hydroxyl groups is 1. The van der Waals surface area contributed by atoms with Gasteiger partial charge >= 0.3 is 0 Å². The molecule has 6 nitrogen and oxygen atoms in total. The molecule has 2 heterocycles. The Balaban J connectivity index is 1.80. The summed E-state index contributed by atoms with van der Waals surface area (Å²) in [5.74, 6) is 0.292. The number of anilines is 1. The molecule has 0 fully saturated rings. The van der Waals surface area contributed by atoms with Gasteiger partial charge in [0, 0.05) is 40.6 Å². The van der Waals surface area contributed by atoms with Gasteiger partial charge in [0.2, 0.25) is 0 Å². The largest absolute Gasteiger partial charge is 0.505 e. The van der Waals surface area contributed by atoms with Crippen molar-refractivity contribution >= 4 is 40.4 Å². The molecule has 152 valence electrons. The fraction of sp³-hybridized carbons (Fsp3) is 0.182. The van der Waals surface area contributed by atoms with Crippen molar-refractivity contribution in [2.45, 2.75) is 19.8 Å². The third kappa shape index (κ3) is 3.88. The van der Waals surface area contributed by atoms with Crippen LogP contribution < -0.4 is 5.01 Å². The fourth-order valence-corrected chi connectivity index (χ4v) is 3.81. The van der Waals surface area contributed by atoms with Crippen LogP contribution in [-0.2, 0) is 0 Å². The molecule has 1 aliphatic heterocycles. The molecule has 4 rings (SSSR count). The molecule has 0 bridgehead atoms. The van der Waals surface area contributed by atoms with Crippen molar-refractivity contribution in [1.29, 1.82) is 0 Å². The quantitative estimate of drug-likeness (QED) is 0.539. The molecule has 2 aromatic carbocycles. The third-order valence-corrected chi connectivity index (χ3v) is 5.41. The Bertz CT molecular complexity index is 1150. The van der Waals surface area contributed by atoms with Crippen LogP contribution >= 0.6 is 23.2 Å². The van der Waals surface area contributed by atoms with Crippen molar-refractivity contribution in [3.8, 4) is 17.1 Å². The predicted octanol–water partition coefficient (Wildman–Crippen LogP) is 5.36. The van der Waals surface area contributed by atoms with E-state index in [1.165, 1.54) is 12.4 Å². The highest BCUT2D eigenvalue weighted by Gasteiger charge is 2.25. The maximum absolute atomic E-state index is 12.9. The van der Waals surface area contributed by atoms with E-state index in [2.05, 4.69) is 9.97 Å². The van der Waals surface area contributed by atoms with E-state index in [-0.39, 0.29) is 11.5 Å². The predicted molar refractivity (Wildman–Crippen MR) is 119 cm³/mol. The fourth-order valence-electron chi connectivity index (χ4n) is 3.41. The molecule has 0 saturated heterocycles. The number of hydrazone groups is 1. The maximum atomic E-state index is 12.9. The number of halogens is 2. The monoisotopic (exact) mass is 440 g/mol. The highest BCUT2D eigenvalue weighted by molar-refractivity contribution is 6.36. The normalized spacial score (nSPS) is 13.4. The Kier molecular flexibility index (Phi) is 5.70. The van der Waals surface area contributed by atoms with Crippen LogP contribution in [0.15, 0.2) is 53.9 Å². The van der Waals surface area contributed by atoms with Crippen LogP contribution in [0.3, 0.4) is 0 Å². The van der Waals surface area contributed by atoms with Crippen LogP contribution in [0, 0.1) is 0 Å². The third-order valence-electron chi connectivity index (χ3n) is 4.84. The molecule has 8 heteroatoms. The van der Waals surface area contributed by atoms with E-state index in [4.69, 9.17) is 28.3 Å². The highest BCUT2D eigenvalue weighted by atomic mass is 35.5. The number of Topliss-reactive ketones (excluding diaryl/α,β-unsaturated/α-hetero) is 1. The summed E-state index contributed by atoms with van der Waals surface area (Å²) in [6, 6.07) is 10.8. The van der Waals surface area contributed by atoms with Gasteiger partial charge in [0.15, 0.2) is 17.4 Å². The van der Waals surface area contributed by atoms with Gasteiger partial charge in [-0.1, -0.05) is 42.3 Å². The number of rotatable bonds is 5. The smallest absolute Gasteiger partial charge is 0.165 e. The van der Waals surface area contributed by atoms with Gasteiger partial charge in [-0.25, -0.2) is 9.97 Å². The Labute approximate surface area is 183 Å². The summed E-state index contributed by atoms with van der Waals surface area (Å²) < 4.78 is 0. The van der Waals surface area contributed by atoms with E-state index in [0.717, 1.165) is 11.3 Å². The van der Waals surface area contributed by atoms with E-state index in [1.807, 2.05) is 19.1 Å². The van der Waals surface area contributed by atoms with Crippen molar-refractivity contribution < 1.29 is 9.90 Å². The highest BCUT2D eigenvalue weighted by Crippen LogP contribution is 2.34. The molecule has 1 aromatic heterocycles. The second-order valence-electron chi connectivity index (χ2n) is 6.79. The first kappa shape index (κ1) is 20.3. The summed E-state index contributed by atoms with van der Waals surface area (Å²) in [5.41, 5.74) is 3.39. The first-order valence-corrected chi connectivity index (χ1v) is 10.2. The van der Waals surface area contributed by atoms with Gasteiger partial charge in [-0.15, -0.1) is 0 Å². The molecule has 0 saturated carbocycles. The summed E-state index contributed by atoms with van der Waals surface area (Å²) in [6.45, 7) is 2.41. The van der Waals surface area contributed by atoms with E-state index < -0.39 is 0 Å². The van der Waals surface area contributed by atoms with Crippen molar-refractivity contribution in [2.24, 2.45) is 5.10 Å². The van der Waals surface area contributed by atoms with Crippen LogP contribution in [0.1, 0.15) is 35.7 Å². The summed E-state index contributed by atoms with van der Waals surface area (Å²) >= 11 is 12.5. The van der Waals surface area contributed by atoms with Crippen LogP contribution in [-0.4, -0.2) is 33.1 Å². The molecule has 0 spiro atoms. The molecule has 3 aromatic rings. The SMILES string of the molecule is CCC(=O)c1c(-c2ncc(O)cn2)cccc1N1CCC(c2cc(Cl)ccc2Cl)=N1. The Morgan fingerprint density at radius 2 is 1.90 bits per heavy atom. The van der Waals surface area contributed by atoms with E-state index in [9.17, 15) is 9.90 Å². The van der Waals surface area contributed by atoms with Gasteiger partial charge in [-0.3, -0.25) is 9.80 Å². The zero-order chi connectivity index (χ0) is 21.3. The minimum atomic E-state index is -0.0401. The number of aromatic nitrogens is 2. The molecule has 1 aliphatic rings. The van der Waals surface area contributed by atoms with E-state index >= 15 is 0 Å². The van der Waals surface area contributed by atoms with Crippen molar-refractivity contribution in [3.63, 3.8) is 0 Å². The second kappa shape index (κ2) is 8.42. The van der Waals surface area contributed by atoms with Gasteiger partial charge in [0.25, 0.3) is 0 Å². The number of hydrogen-bond acceptors (Lipinski definition) is 6. The molecule has 0 unspecified atom stereocenters. The lowest BCUT2D eigenvalue weighted by Gasteiger charge is -2.19. The molecule has 0 radical (unpaired) electrons. The lowest BCUT2D eigenvalue weighted by Crippen LogP contribution is -2.17. The van der Waals surface area contributed by atoms with Crippen LogP contribution in [0.25, 0.3) is 11.4 Å². The first-order chi connectivity index (χ1) is 14.5. The van der Waals surface area contributed by atoms with E-state index in [0.29, 0.717) is 52.1 Å². The molecule has 30 heavy (non-hydrogen) atoms. The average molecular weight is 441 g/mol. The Hall–Kier alpha value is -2.96. The van der Waals surface area contributed by atoms with Gasteiger partial charge in [-0.05, 0) is 24.3 Å². The maximum Gasteiger partial charge on any atom is 0.165 e. The van der Waals surface area contributed by atoms with Crippen molar-refractivity contribution in [3.05, 3.63) is 70.0 Å². The lowest BCUT2D eigenvalue weighted by atomic mass is 9.98. The topological polar surface area (TPSA) is 78.7 Å². The second-order valence-corrected chi connectivity index (χ2v) is 7.63. The zero-order valence-corrected chi connectivity index (χ0v) is 17.7. The van der Waals surface area contributed by atoms with Crippen LogP contribution in [0.4, 0.5) is 5.69 Å². The Morgan fingerprint density at radius 1 is 1.13 bits per heavy atom. The van der Waals surface area contributed by atoms with Crippen molar-refractivity contribution in [2.75, 3.05) is 11.6 Å². The van der Waals surface area contributed by atoms with Gasteiger partial charge in [0.1, 0.15) is 0 Å². The summed E-state index contributed by atoms with van der Waals surface area (Å²) in [4.78, 5) is 21.2. The number of benzene rings is 2. The zero-order valence-electron chi connectivity index (χ0n) is 16.1. The number of carbonyl (C=O) groups excluding carboxylic acids is 1. The standard InChI is InChI=1S/C22H18Cl2N4O2/c1-2-20(30)21-15(22-25-11-14(29)12-26-22)4-3-5-19(21)28-9-8-18(27-28)16-10-13(23)6-7-17(16)24/h3-7,10-12,29H,2,8-9H2,1H3. The van der Waals surface area contributed by atoms with Crippen LogP contribution in [0.2, 0.25) is 10.0 Å². The van der Waals surface area contributed by atoms with Gasteiger partial charge in [0.05, 0.1) is 29.4 Å². The minimum absolute atomic E-state index is 0.0366. The lowest BCUT2D eigenvalue weighted by molar-refractivity contribution is 0.0989. The summed E-state index contributed by atoms with van der Waals surface area (Å²) in [6.07, 6.45) is 3.61. The Morgan fingerprint density at radius 3 is 2.63 bits per heavy atom. The molecule has 0 atom stereocenters. The summed E-state index contributed by atoms with van der Waals surface area (Å²) in [5, 5.41) is 17.2. The first-order valence-electron chi connectivity index (χ1n) is 9.46. The molecular weight excluding hydrogens is 423 g/mol. The molecule has 0 amide bonds.